The lowest BCUT2D eigenvalue weighted by molar-refractivity contribution is -0.120. The van der Waals surface area contributed by atoms with E-state index in [4.69, 9.17) is 16.3 Å². The Labute approximate surface area is 203 Å². The van der Waals surface area contributed by atoms with Gasteiger partial charge in [0.05, 0.1) is 16.7 Å². The largest absolute Gasteiger partial charge is 0.488 e. The fraction of sp³-hybridized carbons (Fsp3) is 0.286. The van der Waals surface area contributed by atoms with Crippen molar-refractivity contribution in [2.45, 2.75) is 51.6 Å². The lowest BCUT2D eigenvalue weighted by atomic mass is 9.76. The number of aromatic carboxylic acids is 1. The SMILES string of the molecule is Cc1cc(N2C(=O)[C@@](C)(c3ccc4c(c3)CCC(C)(C)O4)c3cc(Cl)ccc32)ccc1C(=O)O. The van der Waals surface area contributed by atoms with Gasteiger partial charge in [-0.1, -0.05) is 23.7 Å². The van der Waals surface area contributed by atoms with Gasteiger partial charge in [-0.3, -0.25) is 9.69 Å². The van der Waals surface area contributed by atoms with Crippen molar-refractivity contribution in [2.75, 3.05) is 4.90 Å². The zero-order valence-corrected chi connectivity index (χ0v) is 20.4. The molecule has 2 aliphatic rings. The van der Waals surface area contributed by atoms with Crippen LogP contribution in [0.5, 0.6) is 5.75 Å². The van der Waals surface area contributed by atoms with Gasteiger partial charge in [0, 0.05) is 10.7 Å². The number of anilines is 2. The number of halogens is 1. The molecule has 1 amide bonds. The number of rotatable bonds is 3. The summed E-state index contributed by atoms with van der Waals surface area (Å²) in [6.07, 6.45) is 1.78. The topological polar surface area (TPSA) is 66.8 Å². The van der Waals surface area contributed by atoms with Crippen molar-refractivity contribution in [3.05, 3.63) is 87.4 Å². The first kappa shape index (κ1) is 22.5. The minimum atomic E-state index is -0.992. The third kappa shape index (κ3) is 3.38. The summed E-state index contributed by atoms with van der Waals surface area (Å²) in [5.41, 5.74) is 3.81. The number of carboxylic acids is 1. The number of nitrogens with zero attached hydrogens (tertiary/aromatic N) is 1. The summed E-state index contributed by atoms with van der Waals surface area (Å²) in [6, 6.07) is 16.5. The van der Waals surface area contributed by atoms with Crippen molar-refractivity contribution in [3.63, 3.8) is 0 Å². The summed E-state index contributed by atoms with van der Waals surface area (Å²) >= 11 is 6.39. The second-order valence-corrected chi connectivity index (χ2v) is 10.4. The number of amides is 1. The molecule has 3 aromatic rings. The van der Waals surface area contributed by atoms with Crippen LogP contribution in [-0.2, 0) is 16.6 Å². The number of hydrogen-bond donors (Lipinski definition) is 1. The maximum atomic E-state index is 14.1. The van der Waals surface area contributed by atoms with Crippen LogP contribution in [0.1, 0.15) is 59.8 Å². The third-order valence-corrected chi connectivity index (χ3v) is 7.32. The molecular weight excluding hydrogens is 450 g/mol. The Morgan fingerprint density at radius 1 is 1.06 bits per heavy atom. The van der Waals surface area contributed by atoms with Gasteiger partial charge in [-0.15, -0.1) is 0 Å². The van der Waals surface area contributed by atoms with Gasteiger partial charge in [0.25, 0.3) is 0 Å². The molecule has 0 fully saturated rings. The fourth-order valence-corrected chi connectivity index (χ4v) is 5.26. The number of carboxylic acid groups (broad SMARTS) is 1. The van der Waals surface area contributed by atoms with E-state index in [9.17, 15) is 14.7 Å². The second-order valence-electron chi connectivity index (χ2n) is 9.92. The van der Waals surface area contributed by atoms with Gasteiger partial charge in [0.1, 0.15) is 11.4 Å². The van der Waals surface area contributed by atoms with Crippen LogP contribution in [0, 0.1) is 6.92 Å². The number of carbonyl (C=O) groups excluding carboxylic acids is 1. The van der Waals surface area contributed by atoms with E-state index in [2.05, 4.69) is 19.9 Å². The van der Waals surface area contributed by atoms with Crippen LogP contribution in [0.4, 0.5) is 11.4 Å². The van der Waals surface area contributed by atoms with E-state index < -0.39 is 11.4 Å². The van der Waals surface area contributed by atoms with Gasteiger partial charge < -0.3 is 9.84 Å². The predicted molar refractivity (Wildman–Crippen MR) is 133 cm³/mol. The minimum absolute atomic E-state index is 0.107. The number of aryl methyl sites for hydroxylation is 2. The normalized spacial score (nSPS) is 20.5. The van der Waals surface area contributed by atoms with Crippen molar-refractivity contribution in [2.24, 2.45) is 0 Å². The lowest BCUT2D eigenvalue weighted by Gasteiger charge is -2.34. The number of fused-ring (bicyclic) bond motifs is 2. The monoisotopic (exact) mass is 475 g/mol. The Balaban J connectivity index is 1.65. The average Bonchev–Trinajstić information content (AvgIpc) is 3.00. The Morgan fingerprint density at radius 3 is 2.53 bits per heavy atom. The Hall–Kier alpha value is -3.31. The van der Waals surface area contributed by atoms with Crippen LogP contribution in [0.2, 0.25) is 5.02 Å². The molecule has 5 nitrogen and oxygen atoms in total. The molecule has 0 saturated heterocycles. The van der Waals surface area contributed by atoms with Gasteiger partial charge >= 0.3 is 5.97 Å². The lowest BCUT2D eigenvalue weighted by Crippen LogP contribution is -2.37. The first-order chi connectivity index (χ1) is 16.0. The quantitative estimate of drug-likeness (QED) is 0.473. The smallest absolute Gasteiger partial charge is 0.335 e. The number of ether oxygens (including phenoxy) is 1. The molecule has 0 bridgehead atoms. The molecule has 0 aromatic heterocycles. The Morgan fingerprint density at radius 2 is 1.82 bits per heavy atom. The molecule has 0 spiro atoms. The highest BCUT2D eigenvalue weighted by molar-refractivity contribution is 6.31. The Bertz CT molecular complexity index is 1360. The summed E-state index contributed by atoms with van der Waals surface area (Å²) in [6.45, 7) is 7.83. The van der Waals surface area contributed by atoms with E-state index in [1.807, 2.05) is 31.2 Å². The molecule has 6 heteroatoms. The first-order valence-electron chi connectivity index (χ1n) is 11.3. The minimum Gasteiger partial charge on any atom is -0.488 e. The van der Waals surface area contributed by atoms with E-state index in [1.54, 1.807) is 36.1 Å². The van der Waals surface area contributed by atoms with Gasteiger partial charge in [-0.25, -0.2) is 4.79 Å². The highest BCUT2D eigenvalue weighted by Gasteiger charge is 2.49. The van der Waals surface area contributed by atoms with Gasteiger partial charge in [-0.05, 0) is 105 Å². The molecule has 0 aliphatic carbocycles. The molecule has 3 aromatic carbocycles. The molecular formula is C28H26ClNO4. The standard InChI is InChI=1S/C28H26ClNO4/c1-16-13-20(7-8-21(16)25(31)32)30-23-9-6-19(29)15-22(23)28(4,26(30)33)18-5-10-24-17(14-18)11-12-27(2,3)34-24/h5-10,13-15H,11-12H2,1-4H3,(H,31,32)/t28-/m0/s1. The van der Waals surface area contributed by atoms with Gasteiger partial charge in [0.2, 0.25) is 5.91 Å². The summed E-state index contributed by atoms with van der Waals surface area (Å²) in [5, 5.41) is 9.97. The fourth-order valence-electron chi connectivity index (χ4n) is 5.08. The van der Waals surface area contributed by atoms with Gasteiger partial charge in [0.15, 0.2) is 0 Å². The molecule has 2 aliphatic heterocycles. The molecule has 0 radical (unpaired) electrons. The molecule has 0 saturated carbocycles. The molecule has 0 unspecified atom stereocenters. The van der Waals surface area contributed by atoms with E-state index in [-0.39, 0.29) is 17.1 Å². The van der Waals surface area contributed by atoms with E-state index in [1.165, 1.54) is 0 Å². The van der Waals surface area contributed by atoms with Crippen LogP contribution in [0.15, 0.2) is 54.6 Å². The van der Waals surface area contributed by atoms with E-state index in [0.717, 1.165) is 41.0 Å². The van der Waals surface area contributed by atoms with Crippen molar-refractivity contribution < 1.29 is 19.4 Å². The zero-order valence-electron chi connectivity index (χ0n) is 19.6. The summed E-state index contributed by atoms with van der Waals surface area (Å²) in [7, 11) is 0. The Kier molecular flexibility index (Phi) is 5.03. The third-order valence-electron chi connectivity index (χ3n) is 7.09. The number of hydrogen-bond acceptors (Lipinski definition) is 3. The van der Waals surface area contributed by atoms with Crippen molar-refractivity contribution >= 4 is 34.9 Å². The van der Waals surface area contributed by atoms with Crippen molar-refractivity contribution in [1.82, 2.24) is 0 Å². The molecule has 34 heavy (non-hydrogen) atoms. The summed E-state index contributed by atoms with van der Waals surface area (Å²) in [4.78, 5) is 27.3. The molecule has 1 atom stereocenters. The van der Waals surface area contributed by atoms with Gasteiger partial charge in [-0.2, -0.15) is 0 Å². The summed E-state index contributed by atoms with van der Waals surface area (Å²) < 4.78 is 6.15. The summed E-state index contributed by atoms with van der Waals surface area (Å²) in [5.74, 6) is -0.241. The van der Waals surface area contributed by atoms with E-state index in [0.29, 0.717) is 16.3 Å². The first-order valence-corrected chi connectivity index (χ1v) is 11.7. The molecule has 2 heterocycles. The zero-order chi connectivity index (χ0) is 24.4. The van der Waals surface area contributed by atoms with Crippen LogP contribution >= 0.6 is 11.6 Å². The number of benzene rings is 3. The van der Waals surface area contributed by atoms with Crippen LogP contribution in [0.3, 0.4) is 0 Å². The van der Waals surface area contributed by atoms with Crippen LogP contribution in [0.25, 0.3) is 0 Å². The highest BCUT2D eigenvalue weighted by atomic mass is 35.5. The second kappa shape index (κ2) is 7.60. The maximum absolute atomic E-state index is 14.1. The molecule has 1 N–H and O–H groups in total. The number of carbonyl (C=O) groups is 2. The molecule has 174 valence electrons. The van der Waals surface area contributed by atoms with E-state index >= 15 is 0 Å². The van der Waals surface area contributed by atoms with Crippen LogP contribution in [-0.4, -0.2) is 22.6 Å². The van der Waals surface area contributed by atoms with Crippen molar-refractivity contribution in [3.8, 4) is 5.75 Å². The van der Waals surface area contributed by atoms with Crippen molar-refractivity contribution in [1.29, 1.82) is 0 Å². The molecule has 5 rings (SSSR count). The average molecular weight is 476 g/mol. The highest BCUT2D eigenvalue weighted by Crippen LogP contribution is 2.50. The predicted octanol–water partition coefficient (Wildman–Crippen LogP) is 6.43. The maximum Gasteiger partial charge on any atom is 0.335 e. The van der Waals surface area contributed by atoms with Crippen LogP contribution < -0.4 is 9.64 Å².